The van der Waals surface area contributed by atoms with Gasteiger partial charge >= 0.3 is 0 Å². The maximum atomic E-state index is 11.5. The Bertz CT molecular complexity index is 1140. The lowest BCUT2D eigenvalue weighted by Gasteiger charge is -2.06. The zero-order chi connectivity index (χ0) is 19.5. The second kappa shape index (κ2) is 7.70. The minimum absolute atomic E-state index is 0.00892. The van der Waals surface area contributed by atoms with Crippen LogP contribution in [0.4, 0.5) is 17.2 Å². The van der Waals surface area contributed by atoms with Gasteiger partial charge in [0.05, 0.1) is 5.39 Å². The number of aromatic nitrogens is 3. The third-order valence-electron chi connectivity index (χ3n) is 4.31. The molecule has 0 spiro atoms. The van der Waals surface area contributed by atoms with Crippen molar-refractivity contribution in [2.75, 3.05) is 10.6 Å². The molecule has 1 amide bonds. The van der Waals surface area contributed by atoms with E-state index in [0.717, 1.165) is 33.7 Å². The number of halogens is 1. The Balaban J connectivity index is 1.64. The molecule has 7 heteroatoms. The van der Waals surface area contributed by atoms with Crippen LogP contribution in [0.5, 0.6) is 0 Å². The summed E-state index contributed by atoms with van der Waals surface area (Å²) in [7, 11) is 0. The van der Waals surface area contributed by atoms with Crippen molar-refractivity contribution in [1.29, 1.82) is 0 Å². The van der Waals surface area contributed by atoms with Crippen LogP contribution in [-0.4, -0.2) is 20.9 Å². The number of rotatable bonds is 5. The van der Waals surface area contributed by atoms with Gasteiger partial charge in [-0.05, 0) is 42.0 Å². The summed E-state index contributed by atoms with van der Waals surface area (Å²) in [5.74, 6) is 0.687. The Morgan fingerprint density at radius 3 is 2.64 bits per heavy atom. The predicted octanol–water partition coefficient (Wildman–Crippen LogP) is 5.37. The first-order valence-electron chi connectivity index (χ1n) is 8.89. The number of anilines is 3. The normalized spacial score (nSPS) is 10.8. The van der Waals surface area contributed by atoms with E-state index in [-0.39, 0.29) is 5.91 Å². The molecule has 0 aliphatic heterocycles. The molecule has 3 N–H and O–H groups in total. The molecule has 6 nitrogen and oxygen atoms in total. The largest absolute Gasteiger partial charge is 0.340 e. The Labute approximate surface area is 167 Å². The van der Waals surface area contributed by atoms with Crippen LogP contribution in [0, 0.1) is 0 Å². The van der Waals surface area contributed by atoms with Crippen molar-refractivity contribution in [1.82, 2.24) is 15.0 Å². The zero-order valence-corrected chi connectivity index (χ0v) is 15.9. The minimum atomic E-state index is -0.00892. The molecule has 140 valence electrons. The number of aromatic amines is 1. The van der Waals surface area contributed by atoms with Gasteiger partial charge in [-0.2, -0.15) is 0 Å². The van der Waals surface area contributed by atoms with E-state index in [1.807, 2.05) is 61.5 Å². The van der Waals surface area contributed by atoms with Gasteiger partial charge in [-0.1, -0.05) is 36.7 Å². The highest BCUT2D eigenvalue weighted by Gasteiger charge is 2.10. The fraction of sp³-hybridized carbons (Fsp3) is 0.0952. The van der Waals surface area contributed by atoms with Crippen molar-refractivity contribution in [3.8, 4) is 11.3 Å². The third kappa shape index (κ3) is 3.82. The molecule has 2 aromatic heterocycles. The topological polar surface area (TPSA) is 82.7 Å². The SMILES string of the molecule is CCC(=O)Nc1ccc(-c2cc3c(Nc4cccc(Cl)c4)ncnc3[nH]2)cc1. The number of amides is 1. The van der Waals surface area contributed by atoms with E-state index in [2.05, 4.69) is 25.6 Å². The molecule has 0 aliphatic carbocycles. The number of nitrogens with zero attached hydrogens (tertiary/aromatic N) is 2. The Kier molecular flexibility index (Phi) is 4.95. The van der Waals surface area contributed by atoms with Gasteiger partial charge < -0.3 is 15.6 Å². The number of nitrogens with one attached hydrogen (secondary N) is 3. The van der Waals surface area contributed by atoms with E-state index in [0.29, 0.717) is 17.3 Å². The van der Waals surface area contributed by atoms with Gasteiger partial charge in [0.1, 0.15) is 17.8 Å². The van der Waals surface area contributed by atoms with Crippen molar-refractivity contribution in [2.24, 2.45) is 0 Å². The van der Waals surface area contributed by atoms with Crippen LogP contribution in [0.15, 0.2) is 60.9 Å². The predicted molar refractivity (Wildman–Crippen MR) is 113 cm³/mol. The van der Waals surface area contributed by atoms with Gasteiger partial charge in [0.25, 0.3) is 0 Å². The molecular formula is C21H18ClN5O. The highest BCUT2D eigenvalue weighted by Crippen LogP contribution is 2.29. The van der Waals surface area contributed by atoms with Crippen molar-refractivity contribution < 1.29 is 4.79 Å². The molecule has 4 rings (SSSR count). The van der Waals surface area contributed by atoms with E-state index in [9.17, 15) is 4.79 Å². The highest BCUT2D eigenvalue weighted by atomic mass is 35.5. The molecule has 0 bridgehead atoms. The van der Waals surface area contributed by atoms with Crippen molar-refractivity contribution >= 4 is 45.7 Å². The van der Waals surface area contributed by atoms with Crippen LogP contribution >= 0.6 is 11.6 Å². The lowest BCUT2D eigenvalue weighted by atomic mass is 10.1. The lowest BCUT2D eigenvalue weighted by molar-refractivity contribution is -0.115. The number of fused-ring (bicyclic) bond motifs is 1. The standard InChI is InChI=1S/C21H18ClN5O/c1-2-19(28)25-15-8-6-13(7-9-15)18-11-17-20(23-12-24-21(17)27-18)26-16-5-3-4-14(22)10-16/h3-12H,2H2,1H3,(H,25,28)(H2,23,24,26,27). The van der Waals surface area contributed by atoms with Crippen LogP contribution in [0.25, 0.3) is 22.3 Å². The molecule has 28 heavy (non-hydrogen) atoms. The van der Waals surface area contributed by atoms with Crippen LogP contribution in [-0.2, 0) is 4.79 Å². The summed E-state index contributed by atoms with van der Waals surface area (Å²) in [6, 6.07) is 17.1. The molecule has 0 aliphatic rings. The highest BCUT2D eigenvalue weighted by molar-refractivity contribution is 6.30. The first kappa shape index (κ1) is 18.0. The molecule has 0 saturated carbocycles. The number of hydrogen-bond donors (Lipinski definition) is 3. The maximum Gasteiger partial charge on any atom is 0.224 e. The first-order valence-corrected chi connectivity index (χ1v) is 9.27. The monoisotopic (exact) mass is 391 g/mol. The van der Waals surface area contributed by atoms with E-state index in [4.69, 9.17) is 11.6 Å². The second-order valence-corrected chi connectivity index (χ2v) is 6.72. The van der Waals surface area contributed by atoms with Crippen molar-refractivity contribution in [3.63, 3.8) is 0 Å². The maximum absolute atomic E-state index is 11.5. The summed E-state index contributed by atoms with van der Waals surface area (Å²) in [6.07, 6.45) is 1.96. The van der Waals surface area contributed by atoms with Gasteiger partial charge in [0.2, 0.25) is 5.91 Å². The molecule has 0 fully saturated rings. The first-order chi connectivity index (χ1) is 13.6. The zero-order valence-electron chi connectivity index (χ0n) is 15.2. The quantitative estimate of drug-likeness (QED) is 0.427. The Morgan fingerprint density at radius 1 is 1.07 bits per heavy atom. The molecule has 4 aromatic rings. The molecule has 0 radical (unpaired) electrons. The fourth-order valence-electron chi connectivity index (χ4n) is 2.88. The van der Waals surface area contributed by atoms with Gasteiger partial charge in [0, 0.05) is 28.5 Å². The lowest BCUT2D eigenvalue weighted by Crippen LogP contribution is -2.08. The van der Waals surface area contributed by atoms with Crippen LogP contribution < -0.4 is 10.6 Å². The summed E-state index contributed by atoms with van der Waals surface area (Å²) in [6.45, 7) is 1.82. The second-order valence-electron chi connectivity index (χ2n) is 6.28. The minimum Gasteiger partial charge on any atom is -0.340 e. The van der Waals surface area contributed by atoms with Crippen LogP contribution in [0.1, 0.15) is 13.3 Å². The Hall–Kier alpha value is -3.38. The summed E-state index contributed by atoms with van der Waals surface area (Å²) >= 11 is 6.06. The van der Waals surface area contributed by atoms with Crippen LogP contribution in [0.3, 0.4) is 0 Å². The molecular weight excluding hydrogens is 374 g/mol. The van der Waals surface area contributed by atoms with Gasteiger partial charge in [-0.15, -0.1) is 0 Å². The molecule has 0 saturated heterocycles. The average Bonchev–Trinajstić information content (AvgIpc) is 3.14. The molecule has 2 heterocycles. The summed E-state index contributed by atoms with van der Waals surface area (Å²) in [5.41, 5.74) is 4.26. The number of carbonyl (C=O) groups excluding carboxylic acids is 1. The number of hydrogen-bond acceptors (Lipinski definition) is 4. The Morgan fingerprint density at radius 2 is 1.89 bits per heavy atom. The van der Waals surface area contributed by atoms with Gasteiger partial charge in [-0.3, -0.25) is 4.79 Å². The summed E-state index contributed by atoms with van der Waals surface area (Å²) < 4.78 is 0. The molecule has 2 aromatic carbocycles. The average molecular weight is 392 g/mol. The van der Waals surface area contributed by atoms with E-state index in [1.54, 1.807) is 0 Å². The third-order valence-corrected chi connectivity index (χ3v) is 4.55. The van der Waals surface area contributed by atoms with E-state index in [1.165, 1.54) is 6.33 Å². The van der Waals surface area contributed by atoms with Gasteiger partial charge in [-0.25, -0.2) is 9.97 Å². The number of carbonyl (C=O) groups is 1. The summed E-state index contributed by atoms with van der Waals surface area (Å²) in [5, 5.41) is 7.66. The number of H-pyrrole nitrogens is 1. The van der Waals surface area contributed by atoms with Crippen LogP contribution in [0.2, 0.25) is 5.02 Å². The fourth-order valence-corrected chi connectivity index (χ4v) is 3.07. The number of benzene rings is 2. The smallest absolute Gasteiger partial charge is 0.224 e. The van der Waals surface area contributed by atoms with Crippen molar-refractivity contribution in [3.05, 3.63) is 65.9 Å². The van der Waals surface area contributed by atoms with E-state index < -0.39 is 0 Å². The summed E-state index contributed by atoms with van der Waals surface area (Å²) in [4.78, 5) is 23.5. The molecule has 0 atom stereocenters. The van der Waals surface area contributed by atoms with E-state index >= 15 is 0 Å². The van der Waals surface area contributed by atoms with Gasteiger partial charge in [0.15, 0.2) is 0 Å². The molecule has 0 unspecified atom stereocenters. The van der Waals surface area contributed by atoms with Crippen molar-refractivity contribution in [2.45, 2.75) is 13.3 Å².